The molecule has 29 heavy (non-hydrogen) atoms. The van der Waals surface area contributed by atoms with Gasteiger partial charge in [-0.25, -0.2) is 4.98 Å². The average molecular weight is 403 g/mol. The minimum atomic E-state index is -4.39. The first-order chi connectivity index (χ1) is 13.7. The predicted molar refractivity (Wildman–Crippen MR) is 103 cm³/mol. The van der Waals surface area contributed by atoms with Crippen LogP contribution in [0.25, 0.3) is 10.9 Å². The zero-order valence-corrected chi connectivity index (χ0v) is 16.0. The molecule has 0 radical (unpaired) electrons. The van der Waals surface area contributed by atoms with Crippen LogP contribution in [0.5, 0.6) is 0 Å². The molecule has 0 spiro atoms. The van der Waals surface area contributed by atoms with E-state index >= 15 is 0 Å². The van der Waals surface area contributed by atoms with Crippen LogP contribution in [0.4, 0.5) is 13.2 Å². The molecule has 0 aliphatic carbocycles. The van der Waals surface area contributed by atoms with E-state index in [9.17, 15) is 22.8 Å². The van der Waals surface area contributed by atoms with Crippen LogP contribution in [0.2, 0.25) is 0 Å². The third kappa shape index (κ3) is 4.64. The summed E-state index contributed by atoms with van der Waals surface area (Å²) in [5.74, 6) is 0.317. The van der Waals surface area contributed by atoms with Gasteiger partial charge in [-0.2, -0.15) is 13.2 Å². The quantitative estimate of drug-likeness (QED) is 0.655. The molecule has 0 atom stereocenters. The van der Waals surface area contributed by atoms with Crippen molar-refractivity contribution in [3.63, 3.8) is 0 Å². The Balaban J connectivity index is 1.65. The fourth-order valence-corrected chi connectivity index (χ4v) is 3.06. The Morgan fingerprint density at radius 3 is 2.41 bits per heavy atom. The number of carbonyl (C=O) groups excluding carboxylic acids is 1. The molecule has 1 aromatic heterocycles. The number of halogens is 3. The Kier molecular flexibility index (Phi) is 5.72. The molecule has 0 aliphatic rings. The van der Waals surface area contributed by atoms with Gasteiger partial charge in [0.1, 0.15) is 5.82 Å². The molecule has 5 nitrogen and oxygen atoms in total. The van der Waals surface area contributed by atoms with E-state index in [2.05, 4.69) is 4.98 Å². The van der Waals surface area contributed by atoms with Crippen molar-refractivity contribution < 1.29 is 18.0 Å². The van der Waals surface area contributed by atoms with Gasteiger partial charge in [0.05, 0.1) is 16.5 Å². The van der Waals surface area contributed by atoms with E-state index in [0.29, 0.717) is 22.3 Å². The van der Waals surface area contributed by atoms with Gasteiger partial charge in [-0.05, 0) is 29.8 Å². The standard InChI is InChI=1S/C21H20F3N3O2/c1-26(13-14-7-9-15(10-8-14)21(22,23)24)19(28)12-11-18-25-17-6-4-3-5-16(17)20(29)27(18)2/h3-10H,11-13H2,1-2H3. The van der Waals surface area contributed by atoms with E-state index in [1.165, 1.54) is 21.6 Å². The van der Waals surface area contributed by atoms with Crippen LogP contribution < -0.4 is 5.56 Å². The molecule has 0 bridgehead atoms. The number of amides is 1. The predicted octanol–water partition coefficient (Wildman–Crippen LogP) is 3.54. The Morgan fingerprint density at radius 1 is 1.10 bits per heavy atom. The molecule has 3 aromatic rings. The molecule has 1 amide bonds. The molecule has 0 saturated heterocycles. The smallest absolute Gasteiger partial charge is 0.341 e. The highest BCUT2D eigenvalue weighted by molar-refractivity contribution is 5.78. The second-order valence-corrected chi connectivity index (χ2v) is 6.85. The van der Waals surface area contributed by atoms with Crippen molar-refractivity contribution in [1.82, 2.24) is 14.5 Å². The molecule has 0 aliphatic heterocycles. The van der Waals surface area contributed by atoms with Crippen molar-refractivity contribution in [3.05, 3.63) is 75.8 Å². The Labute approximate surface area is 165 Å². The first kappa shape index (κ1) is 20.6. The molecule has 0 saturated carbocycles. The number of fused-ring (bicyclic) bond motifs is 1. The highest BCUT2D eigenvalue weighted by Crippen LogP contribution is 2.29. The number of aryl methyl sites for hydroxylation is 1. The van der Waals surface area contributed by atoms with Crippen LogP contribution in [0.1, 0.15) is 23.4 Å². The molecule has 1 heterocycles. The lowest BCUT2D eigenvalue weighted by Crippen LogP contribution is -2.28. The number of hydrogen-bond acceptors (Lipinski definition) is 3. The summed E-state index contributed by atoms with van der Waals surface area (Å²) in [6.45, 7) is 0.195. The zero-order chi connectivity index (χ0) is 21.2. The summed E-state index contributed by atoms with van der Waals surface area (Å²) in [5.41, 5.74) is 0.288. The van der Waals surface area contributed by atoms with Gasteiger partial charge in [0.15, 0.2) is 0 Å². The van der Waals surface area contributed by atoms with E-state index in [1.54, 1.807) is 38.4 Å². The third-order valence-electron chi connectivity index (χ3n) is 4.77. The largest absolute Gasteiger partial charge is 0.416 e. The van der Waals surface area contributed by atoms with Gasteiger partial charge in [-0.1, -0.05) is 24.3 Å². The topological polar surface area (TPSA) is 55.2 Å². The molecule has 3 rings (SSSR count). The summed E-state index contributed by atoms with van der Waals surface area (Å²) in [7, 11) is 3.21. The van der Waals surface area contributed by atoms with Crippen molar-refractivity contribution in [3.8, 4) is 0 Å². The van der Waals surface area contributed by atoms with Crippen molar-refractivity contribution in [2.45, 2.75) is 25.6 Å². The summed E-state index contributed by atoms with van der Waals surface area (Å²) in [6.07, 6.45) is -3.97. The lowest BCUT2D eigenvalue weighted by atomic mass is 10.1. The Morgan fingerprint density at radius 2 is 1.76 bits per heavy atom. The SMILES string of the molecule is CN(Cc1ccc(C(F)(F)F)cc1)C(=O)CCc1nc2ccccc2c(=O)n1C. The number of rotatable bonds is 5. The summed E-state index contributed by atoms with van der Waals surface area (Å²) in [5, 5.41) is 0.518. The van der Waals surface area contributed by atoms with Crippen molar-refractivity contribution in [2.24, 2.45) is 7.05 Å². The zero-order valence-electron chi connectivity index (χ0n) is 16.0. The number of hydrogen-bond donors (Lipinski definition) is 0. The van der Waals surface area contributed by atoms with Crippen LogP contribution in [-0.4, -0.2) is 27.4 Å². The number of nitrogens with zero attached hydrogens (tertiary/aromatic N) is 3. The highest BCUT2D eigenvalue weighted by Gasteiger charge is 2.30. The van der Waals surface area contributed by atoms with Crippen molar-refractivity contribution in [2.75, 3.05) is 7.05 Å². The number of carbonyl (C=O) groups is 1. The van der Waals surface area contributed by atoms with Gasteiger partial charge >= 0.3 is 6.18 Å². The van der Waals surface area contributed by atoms with Crippen LogP contribution >= 0.6 is 0 Å². The highest BCUT2D eigenvalue weighted by atomic mass is 19.4. The first-order valence-electron chi connectivity index (χ1n) is 9.01. The fraction of sp³-hybridized carbons (Fsp3) is 0.286. The lowest BCUT2D eigenvalue weighted by Gasteiger charge is -2.18. The number of alkyl halides is 3. The number of benzene rings is 2. The van der Waals surface area contributed by atoms with E-state index in [0.717, 1.165) is 12.1 Å². The summed E-state index contributed by atoms with van der Waals surface area (Å²) in [4.78, 5) is 30.8. The van der Waals surface area contributed by atoms with Crippen LogP contribution in [-0.2, 0) is 31.0 Å². The van der Waals surface area contributed by atoms with Crippen LogP contribution in [0, 0.1) is 0 Å². The van der Waals surface area contributed by atoms with Crippen LogP contribution in [0.15, 0.2) is 53.3 Å². The van der Waals surface area contributed by atoms with E-state index in [1.807, 2.05) is 0 Å². The van der Waals surface area contributed by atoms with Crippen molar-refractivity contribution in [1.29, 1.82) is 0 Å². The van der Waals surface area contributed by atoms with Gasteiger partial charge in [0, 0.05) is 33.5 Å². The molecule has 0 unspecified atom stereocenters. The van der Waals surface area contributed by atoms with E-state index in [4.69, 9.17) is 0 Å². The van der Waals surface area contributed by atoms with Gasteiger partial charge in [0.25, 0.3) is 5.56 Å². The Hall–Kier alpha value is -3.16. The second kappa shape index (κ2) is 8.06. The van der Waals surface area contributed by atoms with Gasteiger partial charge in [0.2, 0.25) is 5.91 Å². The molecule has 2 aromatic carbocycles. The van der Waals surface area contributed by atoms with Crippen molar-refractivity contribution >= 4 is 16.8 Å². The van der Waals surface area contributed by atoms with Gasteiger partial charge in [-0.3, -0.25) is 14.2 Å². The minimum Gasteiger partial charge on any atom is -0.341 e. The maximum Gasteiger partial charge on any atom is 0.416 e. The molecular weight excluding hydrogens is 383 g/mol. The van der Waals surface area contributed by atoms with Crippen LogP contribution in [0.3, 0.4) is 0 Å². The third-order valence-corrected chi connectivity index (χ3v) is 4.77. The number of aromatic nitrogens is 2. The molecule has 8 heteroatoms. The second-order valence-electron chi connectivity index (χ2n) is 6.85. The monoisotopic (exact) mass is 403 g/mol. The molecule has 0 fully saturated rings. The van der Waals surface area contributed by atoms with Gasteiger partial charge < -0.3 is 4.90 Å². The first-order valence-corrected chi connectivity index (χ1v) is 9.01. The van der Waals surface area contributed by atoms with E-state index < -0.39 is 11.7 Å². The Bertz CT molecular complexity index is 1090. The molecule has 152 valence electrons. The fourth-order valence-electron chi connectivity index (χ4n) is 3.06. The minimum absolute atomic E-state index is 0.135. The summed E-state index contributed by atoms with van der Waals surface area (Å²) >= 11 is 0. The maximum absolute atomic E-state index is 12.6. The van der Waals surface area contributed by atoms with E-state index in [-0.39, 0.29) is 30.9 Å². The summed E-state index contributed by atoms with van der Waals surface area (Å²) < 4.78 is 39.3. The van der Waals surface area contributed by atoms with Gasteiger partial charge in [-0.15, -0.1) is 0 Å². The summed E-state index contributed by atoms with van der Waals surface area (Å²) in [6, 6.07) is 11.7. The maximum atomic E-state index is 12.6. The number of para-hydroxylation sites is 1. The average Bonchev–Trinajstić information content (AvgIpc) is 2.69. The lowest BCUT2D eigenvalue weighted by molar-refractivity contribution is -0.137. The molecule has 0 N–H and O–H groups in total. The molecular formula is C21H20F3N3O2. The normalized spacial score (nSPS) is 11.6.